The molecule has 13 heavy (non-hydrogen) atoms. The summed E-state index contributed by atoms with van der Waals surface area (Å²) in [6.45, 7) is 3.99. The maximum Gasteiger partial charge on any atom is 0.276 e. The molecule has 3 N–H and O–H groups in total. The van der Waals surface area contributed by atoms with Crippen molar-refractivity contribution in [2.45, 2.75) is 26.4 Å². The molecule has 1 atom stereocenters. The third-order valence-corrected chi connectivity index (χ3v) is 2.61. The van der Waals surface area contributed by atoms with Gasteiger partial charge in [0.05, 0.1) is 6.10 Å². The zero-order chi connectivity index (χ0) is 10.5. The average Bonchev–Trinajstić information content (AvgIpc) is 2.00. The Morgan fingerprint density at radius 2 is 1.92 bits per heavy atom. The molecule has 80 valence electrons. The second-order valence-electron chi connectivity index (χ2n) is 3.34. The fraction of sp³-hybridized carbons (Fsp3) is 1.00. The fourth-order valence-corrected chi connectivity index (χ4v) is 1.46. The van der Waals surface area contributed by atoms with Crippen LogP contribution < -0.4 is 9.44 Å². The molecular weight excluding hydrogens is 192 g/mol. The predicted molar refractivity (Wildman–Crippen MR) is 51.4 cm³/mol. The summed E-state index contributed by atoms with van der Waals surface area (Å²) < 4.78 is 26.0. The highest BCUT2D eigenvalue weighted by molar-refractivity contribution is 7.87. The van der Waals surface area contributed by atoms with Crippen LogP contribution in [0.25, 0.3) is 0 Å². The minimum atomic E-state index is -3.41. The van der Waals surface area contributed by atoms with Crippen molar-refractivity contribution >= 4 is 10.2 Å². The Bertz CT molecular complexity index is 226. The second kappa shape index (κ2) is 5.54. The highest BCUT2D eigenvalue weighted by atomic mass is 32.2. The number of aliphatic hydroxyl groups is 1. The van der Waals surface area contributed by atoms with Gasteiger partial charge in [-0.2, -0.15) is 13.1 Å². The fourth-order valence-electron chi connectivity index (χ4n) is 0.906. The van der Waals surface area contributed by atoms with Gasteiger partial charge in [0.2, 0.25) is 0 Å². The lowest BCUT2D eigenvalue weighted by molar-refractivity contribution is 0.152. The third-order valence-electron chi connectivity index (χ3n) is 1.52. The van der Waals surface area contributed by atoms with Crippen molar-refractivity contribution in [2.75, 3.05) is 13.6 Å². The average molecular weight is 210 g/mol. The molecule has 6 heteroatoms. The van der Waals surface area contributed by atoms with Crippen LogP contribution in [0.5, 0.6) is 0 Å². The minimum absolute atomic E-state index is 0.0569. The Morgan fingerprint density at radius 1 is 1.38 bits per heavy atom. The molecule has 0 bridgehead atoms. The molecule has 0 heterocycles. The first-order valence-electron chi connectivity index (χ1n) is 4.23. The Labute approximate surface area is 79.7 Å². The summed E-state index contributed by atoms with van der Waals surface area (Å²) in [5.41, 5.74) is 0. The molecule has 1 unspecified atom stereocenters. The minimum Gasteiger partial charge on any atom is -0.392 e. The molecule has 0 aromatic rings. The van der Waals surface area contributed by atoms with Crippen LogP contribution in [0, 0.1) is 5.92 Å². The normalized spacial score (nSPS) is 14.8. The van der Waals surface area contributed by atoms with E-state index in [1.54, 1.807) is 0 Å². The summed E-state index contributed by atoms with van der Waals surface area (Å²) in [5.74, 6) is 0.356. The topological polar surface area (TPSA) is 78.4 Å². The lowest BCUT2D eigenvalue weighted by Gasteiger charge is -2.13. The zero-order valence-corrected chi connectivity index (χ0v) is 9.06. The van der Waals surface area contributed by atoms with Crippen molar-refractivity contribution in [3.8, 4) is 0 Å². The van der Waals surface area contributed by atoms with E-state index in [4.69, 9.17) is 0 Å². The quantitative estimate of drug-likeness (QED) is 0.550. The number of rotatable bonds is 6. The van der Waals surface area contributed by atoms with Crippen LogP contribution in [0.15, 0.2) is 0 Å². The van der Waals surface area contributed by atoms with Gasteiger partial charge >= 0.3 is 0 Å². The van der Waals surface area contributed by atoms with Crippen LogP contribution in [0.4, 0.5) is 0 Å². The maximum atomic E-state index is 10.9. The van der Waals surface area contributed by atoms with Crippen molar-refractivity contribution in [1.82, 2.24) is 9.44 Å². The molecular formula is C7H18N2O3S. The van der Waals surface area contributed by atoms with Crippen LogP contribution in [0.3, 0.4) is 0 Å². The second-order valence-corrected chi connectivity index (χ2v) is 5.04. The van der Waals surface area contributed by atoms with E-state index in [0.717, 1.165) is 0 Å². The molecule has 0 saturated carbocycles. The van der Waals surface area contributed by atoms with E-state index in [0.29, 0.717) is 12.3 Å². The van der Waals surface area contributed by atoms with E-state index in [9.17, 15) is 13.5 Å². The molecule has 0 rings (SSSR count). The van der Waals surface area contributed by atoms with Gasteiger partial charge in [0.15, 0.2) is 0 Å². The van der Waals surface area contributed by atoms with E-state index in [-0.39, 0.29) is 6.54 Å². The van der Waals surface area contributed by atoms with Gasteiger partial charge in [0.25, 0.3) is 10.2 Å². The summed E-state index contributed by atoms with van der Waals surface area (Å²) in [4.78, 5) is 0. The standard InChI is InChI=1S/C7H18N2O3S/c1-6(2)4-7(10)5-9-13(11,12)8-3/h6-10H,4-5H2,1-3H3. The molecule has 5 nitrogen and oxygen atoms in total. The van der Waals surface area contributed by atoms with E-state index in [2.05, 4.69) is 9.44 Å². The van der Waals surface area contributed by atoms with Gasteiger partial charge in [-0.3, -0.25) is 0 Å². The van der Waals surface area contributed by atoms with E-state index in [1.807, 2.05) is 13.8 Å². The molecule has 0 aliphatic carbocycles. The summed E-state index contributed by atoms with van der Waals surface area (Å²) in [5, 5.41) is 9.32. The van der Waals surface area contributed by atoms with Crippen LogP contribution in [-0.2, 0) is 10.2 Å². The Hall–Kier alpha value is -0.170. The molecule has 0 spiro atoms. The van der Waals surface area contributed by atoms with Crippen molar-refractivity contribution in [1.29, 1.82) is 0 Å². The predicted octanol–water partition coefficient (Wildman–Crippen LogP) is -0.553. The van der Waals surface area contributed by atoms with Crippen molar-refractivity contribution in [3.05, 3.63) is 0 Å². The summed E-state index contributed by atoms with van der Waals surface area (Å²) in [6, 6.07) is 0. The number of nitrogens with one attached hydrogen (secondary N) is 2. The highest BCUT2D eigenvalue weighted by Crippen LogP contribution is 2.03. The van der Waals surface area contributed by atoms with E-state index < -0.39 is 16.3 Å². The molecule has 0 aromatic carbocycles. The van der Waals surface area contributed by atoms with Crippen LogP contribution in [0.1, 0.15) is 20.3 Å². The first kappa shape index (κ1) is 12.8. The molecule has 0 aliphatic rings. The van der Waals surface area contributed by atoms with E-state index in [1.165, 1.54) is 7.05 Å². The van der Waals surface area contributed by atoms with Gasteiger partial charge in [-0.15, -0.1) is 0 Å². The lowest BCUT2D eigenvalue weighted by atomic mass is 10.1. The van der Waals surface area contributed by atoms with Crippen LogP contribution >= 0.6 is 0 Å². The third kappa shape index (κ3) is 6.94. The summed E-state index contributed by atoms with van der Waals surface area (Å²) in [7, 11) is -2.09. The van der Waals surface area contributed by atoms with Gasteiger partial charge in [-0.1, -0.05) is 13.8 Å². The first-order chi connectivity index (χ1) is 5.87. The van der Waals surface area contributed by atoms with Gasteiger partial charge in [0, 0.05) is 13.6 Å². The van der Waals surface area contributed by atoms with Gasteiger partial charge in [-0.25, -0.2) is 4.72 Å². The van der Waals surface area contributed by atoms with Crippen molar-refractivity contribution in [3.63, 3.8) is 0 Å². The zero-order valence-electron chi connectivity index (χ0n) is 8.24. The molecule has 0 saturated heterocycles. The number of aliphatic hydroxyl groups excluding tert-OH is 1. The smallest absolute Gasteiger partial charge is 0.276 e. The maximum absolute atomic E-state index is 10.9. The lowest BCUT2D eigenvalue weighted by Crippen LogP contribution is -2.39. The van der Waals surface area contributed by atoms with Crippen LogP contribution in [-0.4, -0.2) is 33.2 Å². The Morgan fingerprint density at radius 3 is 2.31 bits per heavy atom. The highest BCUT2D eigenvalue weighted by Gasteiger charge is 2.11. The summed E-state index contributed by atoms with van der Waals surface area (Å²) >= 11 is 0. The SMILES string of the molecule is CNS(=O)(=O)NCC(O)CC(C)C. The Kier molecular flexibility index (Phi) is 5.46. The van der Waals surface area contributed by atoms with Gasteiger partial charge in [0.1, 0.15) is 0 Å². The molecule has 0 radical (unpaired) electrons. The van der Waals surface area contributed by atoms with Gasteiger partial charge in [-0.05, 0) is 12.3 Å². The molecule has 0 amide bonds. The monoisotopic (exact) mass is 210 g/mol. The molecule has 0 aliphatic heterocycles. The number of hydrogen-bond acceptors (Lipinski definition) is 3. The first-order valence-corrected chi connectivity index (χ1v) is 5.72. The van der Waals surface area contributed by atoms with Gasteiger partial charge < -0.3 is 5.11 Å². The molecule has 0 fully saturated rings. The Balaban J connectivity index is 3.77. The van der Waals surface area contributed by atoms with Crippen molar-refractivity contribution in [2.24, 2.45) is 5.92 Å². The van der Waals surface area contributed by atoms with Crippen LogP contribution in [0.2, 0.25) is 0 Å². The van der Waals surface area contributed by atoms with E-state index >= 15 is 0 Å². The largest absolute Gasteiger partial charge is 0.392 e. The van der Waals surface area contributed by atoms with Crippen molar-refractivity contribution < 1.29 is 13.5 Å². The molecule has 0 aromatic heterocycles. The number of hydrogen-bond donors (Lipinski definition) is 3. The summed E-state index contributed by atoms with van der Waals surface area (Å²) in [6.07, 6.45) is -0.0326.